The lowest BCUT2D eigenvalue weighted by molar-refractivity contribution is 0.0987. The molecule has 1 rings (SSSR count). The van der Waals surface area contributed by atoms with Gasteiger partial charge in [-0.25, -0.2) is 0 Å². The van der Waals surface area contributed by atoms with Crippen molar-refractivity contribution in [2.45, 2.75) is 6.42 Å². The minimum atomic E-state index is 0.106. The van der Waals surface area contributed by atoms with Crippen LogP contribution < -0.4 is 4.74 Å². The number of rotatable bonds is 4. The summed E-state index contributed by atoms with van der Waals surface area (Å²) in [5.74, 6) is 0.753. The van der Waals surface area contributed by atoms with E-state index < -0.39 is 0 Å². The molecule has 0 fully saturated rings. The van der Waals surface area contributed by atoms with Crippen molar-refractivity contribution in [3.05, 3.63) is 29.8 Å². The molecule has 0 N–H and O–H groups in total. The monoisotopic (exact) mass is 242 g/mol. The van der Waals surface area contributed by atoms with Crippen LogP contribution in [-0.4, -0.2) is 18.2 Å². The highest BCUT2D eigenvalue weighted by Gasteiger charge is 2.09. The van der Waals surface area contributed by atoms with Gasteiger partial charge < -0.3 is 4.74 Å². The van der Waals surface area contributed by atoms with Gasteiger partial charge in [-0.3, -0.25) is 4.79 Å². The van der Waals surface area contributed by atoms with E-state index in [0.717, 1.165) is 0 Å². The maximum absolute atomic E-state index is 11.5. The second kappa shape index (κ2) is 5.02. The molecule has 1 aromatic carbocycles. The highest BCUT2D eigenvalue weighted by molar-refractivity contribution is 9.09. The van der Waals surface area contributed by atoms with Gasteiger partial charge in [0.15, 0.2) is 5.78 Å². The van der Waals surface area contributed by atoms with Crippen molar-refractivity contribution in [2.75, 3.05) is 12.4 Å². The van der Waals surface area contributed by atoms with Crippen molar-refractivity contribution >= 4 is 21.7 Å². The third-order valence-corrected chi connectivity index (χ3v) is 2.13. The molecule has 0 aliphatic heterocycles. The molecule has 3 heteroatoms. The molecule has 0 amide bonds. The number of methoxy groups -OCH3 is 1. The number of hydrogen-bond acceptors (Lipinski definition) is 2. The quantitative estimate of drug-likeness (QED) is 0.600. The van der Waals surface area contributed by atoms with E-state index in [1.54, 1.807) is 19.2 Å². The smallest absolute Gasteiger partial charge is 0.167 e. The number of hydrogen-bond donors (Lipinski definition) is 0. The number of carbonyl (C=O) groups is 1. The maximum Gasteiger partial charge on any atom is 0.167 e. The predicted molar refractivity (Wildman–Crippen MR) is 55.7 cm³/mol. The van der Waals surface area contributed by atoms with Gasteiger partial charge in [-0.05, 0) is 12.1 Å². The van der Waals surface area contributed by atoms with E-state index in [1.165, 1.54) is 0 Å². The van der Waals surface area contributed by atoms with E-state index in [2.05, 4.69) is 15.9 Å². The molecule has 0 bridgehead atoms. The summed E-state index contributed by atoms with van der Waals surface area (Å²) in [7, 11) is 1.57. The van der Waals surface area contributed by atoms with Crippen LogP contribution in [0.5, 0.6) is 5.75 Å². The molecule has 2 nitrogen and oxygen atoms in total. The number of para-hydroxylation sites is 1. The predicted octanol–water partition coefficient (Wildman–Crippen LogP) is 2.66. The molecule has 0 atom stereocenters. The Labute approximate surface area is 86.0 Å². The first kappa shape index (κ1) is 10.3. The van der Waals surface area contributed by atoms with Crippen LogP contribution in [-0.2, 0) is 0 Å². The Hall–Kier alpha value is -0.830. The summed E-state index contributed by atoms with van der Waals surface area (Å²) in [6.07, 6.45) is 0.500. The molecule has 13 heavy (non-hydrogen) atoms. The van der Waals surface area contributed by atoms with Crippen molar-refractivity contribution in [3.63, 3.8) is 0 Å². The van der Waals surface area contributed by atoms with Gasteiger partial charge in [0, 0.05) is 11.8 Å². The summed E-state index contributed by atoms with van der Waals surface area (Å²) in [5, 5.41) is 0.684. The lowest BCUT2D eigenvalue weighted by Crippen LogP contribution is -2.02. The first-order chi connectivity index (χ1) is 6.29. The largest absolute Gasteiger partial charge is 0.496 e. The topological polar surface area (TPSA) is 26.3 Å². The fraction of sp³-hybridized carbons (Fsp3) is 0.300. The van der Waals surface area contributed by atoms with E-state index >= 15 is 0 Å². The number of carbonyl (C=O) groups excluding carboxylic acids is 1. The second-order valence-electron chi connectivity index (χ2n) is 2.56. The number of Topliss-reactive ketones (excluding diaryl/α,β-unsaturated/α-hetero) is 1. The van der Waals surface area contributed by atoms with Crippen LogP contribution in [0.4, 0.5) is 0 Å². The van der Waals surface area contributed by atoms with E-state index in [4.69, 9.17) is 4.74 Å². The highest BCUT2D eigenvalue weighted by Crippen LogP contribution is 2.18. The third kappa shape index (κ3) is 2.56. The number of halogens is 1. The molecule has 0 spiro atoms. The molecule has 0 aromatic heterocycles. The van der Waals surface area contributed by atoms with Gasteiger partial charge in [0.25, 0.3) is 0 Å². The summed E-state index contributed by atoms with van der Waals surface area (Å²) in [5.41, 5.74) is 0.657. The molecule has 1 aromatic rings. The maximum atomic E-state index is 11.5. The standard InChI is InChI=1S/C10H11BrO2/c1-13-10-5-3-2-4-8(10)9(12)6-7-11/h2-5H,6-7H2,1H3. The van der Waals surface area contributed by atoms with E-state index in [-0.39, 0.29) is 5.78 Å². The molecule has 0 saturated heterocycles. The van der Waals surface area contributed by atoms with Crippen molar-refractivity contribution in [2.24, 2.45) is 0 Å². The molecular weight excluding hydrogens is 232 g/mol. The zero-order valence-corrected chi connectivity index (χ0v) is 9.00. The van der Waals surface area contributed by atoms with Crippen LogP contribution in [0.25, 0.3) is 0 Å². The van der Waals surface area contributed by atoms with Gasteiger partial charge in [-0.1, -0.05) is 28.1 Å². The van der Waals surface area contributed by atoms with E-state index in [9.17, 15) is 4.79 Å². The Morgan fingerprint density at radius 2 is 2.15 bits per heavy atom. The van der Waals surface area contributed by atoms with Crippen LogP contribution in [0.1, 0.15) is 16.8 Å². The summed E-state index contributed by atoms with van der Waals surface area (Å²) >= 11 is 3.23. The Balaban J connectivity index is 2.92. The third-order valence-electron chi connectivity index (χ3n) is 1.73. The first-order valence-corrected chi connectivity index (χ1v) is 5.14. The Bertz CT molecular complexity index is 297. The fourth-order valence-corrected chi connectivity index (χ4v) is 1.46. The lowest BCUT2D eigenvalue weighted by atomic mass is 10.1. The van der Waals surface area contributed by atoms with Crippen molar-refractivity contribution in [1.82, 2.24) is 0 Å². The summed E-state index contributed by atoms with van der Waals surface area (Å²) in [6.45, 7) is 0. The molecule has 0 aliphatic carbocycles. The minimum absolute atomic E-state index is 0.106. The van der Waals surface area contributed by atoms with E-state index in [1.807, 2.05) is 12.1 Å². The van der Waals surface area contributed by atoms with Gasteiger partial charge in [0.2, 0.25) is 0 Å². The average molecular weight is 243 g/mol. The van der Waals surface area contributed by atoms with Gasteiger partial charge in [-0.2, -0.15) is 0 Å². The zero-order chi connectivity index (χ0) is 9.68. The number of ether oxygens (including phenoxy) is 1. The van der Waals surface area contributed by atoms with Crippen LogP contribution in [0, 0.1) is 0 Å². The number of ketones is 1. The zero-order valence-electron chi connectivity index (χ0n) is 7.42. The molecule has 0 saturated carbocycles. The fourth-order valence-electron chi connectivity index (χ4n) is 1.10. The van der Waals surface area contributed by atoms with E-state index in [0.29, 0.717) is 23.1 Å². The summed E-state index contributed by atoms with van der Waals surface area (Å²) in [6, 6.07) is 7.26. The first-order valence-electron chi connectivity index (χ1n) is 4.01. The Morgan fingerprint density at radius 3 is 2.77 bits per heavy atom. The molecule has 0 aliphatic rings. The van der Waals surface area contributed by atoms with Crippen LogP contribution >= 0.6 is 15.9 Å². The van der Waals surface area contributed by atoms with Crippen LogP contribution in [0.3, 0.4) is 0 Å². The Kier molecular flexibility index (Phi) is 3.96. The highest BCUT2D eigenvalue weighted by atomic mass is 79.9. The normalized spacial score (nSPS) is 9.69. The van der Waals surface area contributed by atoms with Crippen LogP contribution in [0.2, 0.25) is 0 Å². The second-order valence-corrected chi connectivity index (χ2v) is 3.36. The minimum Gasteiger partial charge on any atom is -0.496 e. The van der Waals surface area contributed by atoms with Gasteiger partial charge in [-0.15, -0.1) is 0 Å². The SMILES string of the molecule is COc1ccccc1C(=O)CCBr. The van der Waals surface area contributed by atoms with Crippen molar-refractivity contribution < 1.29 is 9.53 Å². The summed E-state index contributed by atoms with van der Waals surface area (Å²) < 4.78 is 5.08. The number of alkyl halides is 1. The molecule has 0 heterocycles. The van der Waals surface area contributed by atoms with Crippen molar-refractivity contribution in [1.29, 1.82) is 0 Å². The molecule has 70 valence electrons. The average Bonchev–Trinajstić information content (AvgIpc) is 2.18. The molecule has 0 unspecified atom stereocenters. The van der Waals surface area contributed by atoms with Gasteiger partial charge in [0.05, 0.1) is 12.7 Å². The van der Waals surface area contributed by atoms with Gasteiger partial charge >= 0.3 is 0 Å². The molecule has 0 radical (unpaired) electrons. The molecular formula is C10H11BrO2. The number of benzene rings is 1. The van der Waals surface area contributed by atoms with Crippen LogP contribution in [0.15, 0.2) is 24.3 Å². The van der Waals surface area contributed by atoms with Crippen molar-refractivity contribution in [3.8, 4) is 5.75 Å². The van der Waals surface area contributed by atoms with Gasteiger partial charge in [0.1, 0.15) is 5.75 Å². The summed E-state index contributed by atoms with van der Waals surface area (Å²) in [4.78, 5) is 11.5. The lowest BCUT2D eigenvalue weighted by Gasteiger charge is -2.05. The Morgan fingerprint density at radius 1 is 1.46 bits per heavy atom.